The van der Waals surface area contributed by atoms with Crippen molar-refractivity contribution in [3.05, 3.63) is 16.6 Å². The summed E-state index contributed by atoms with van der Waals surface area (Å²) >= 11 is 1.49. The van der Waals surface area contributed by atoms with E-state index in [1.807, 2.05) is 19.2 Å². The van der Waals surface area contributed by atoms with Crippen LogP contribution in [0.3, 0.4) is 0 Å². The molecule has 1 aliphatic rings. The summed E-state index contributed by atoms with van der Waals surface area (Å²) in [7, 11) is 1.69. The Bertz CT molecular complexity index is 470. The van der Waals surface area contributed by atoms with E-state index in [0.717, 1.165) is 5.01 Å². The topological polar surface area (TPSA) is 70.5 Å². The number of carbonyl (C=O) groups is 2. The number of aliphatic carboxylic acids is 1. The molecule has 1 saturated carbocycles. The van der Waals surface area contributed by atoms with Gasteiger partial charge < -0.3 is 10.0 Å². The zero-order valence-corrected chi connectivity index (χ0v) is 11.4. The van der Waals surface area contributed by atoms with E-state index < -0.39 is 23.2 Å². The first-order valence-electron chi connectivity index (χ1n) is 5.72. The van der Waals surface area contributed by atoms with Crippen LogP contribution in [0.4, 0.5) is 0 Å². The standard InChI is InChI=1S/C12H16N2O3S/c1-12(2)8(9(12)11(16)17)10(15)14(3)6-7-13-4-5-18-7/h4-5,8-9H,6H2,1-3H3,(H,16,17)/t8-,9+/m0/s1. The van der Waals surface area contributed by atoms with Crippen molar-refractivity contribution in [3.8, 4) is 0 Å². The number of carbonyl (C=O) groups excluding carboxylic acids is 1. The van der Waals surface area contributed by atoms with E-state index in [1.165, 1.54) is 11.3 Å². The Balaban J connectivity index is 2.02. The van der Waals surface area contributed by atoms with Crippen molar-refractivity contribution >= 4 is 23.2 Å². The van der Waals surface area contributed by atoms with Gasteiger partial charge in [0.2, 0.25) is 5.91 Å². The summed E-state index contributed by atoms with van der Waals surface area (Å²) in [6.07, 6.45) is 1.69. The summed E-state index contributed by atoms with van der Waals surface area (Å²) < 4.78 is 0. The van der Waals surface area contributed by atoms with Crippen LogP contribution < -0.4 is 0 Å². The van der Waals surface area contributed by atoms with Crippen molar-refractivity contribution in [2.75, 3.05) is 7.05 Å². The summed E-state index contributed by atoms with van der Waals surface area (Å²) in [6.45, 7) is 4.09. The Morgan fingerprint density at radius 2 is 2.17 bits per heavy atom. The maximum absolute atomic E-state index is 12.2. The smallest absolute Gasteiger partial charge is 0.307 e. The monoisotopic (exact) mass is 268 g/mol. The summed E-state index contributed by atoms with van der Waals surface area (Å²) in [4.78, 5) is 28.9. The maximum Gasteiger partial charge on any atom is 0.307 e. The largest absolute Gasteiger partial charge is 0.481 e. The van der Waals surface area contributed by atoms with Crippen molar-refractivity contribution in [1.82, 2.24) is 9.88 Å². The Morgan fingerprint density at radius 1 is 1.50 bits per heavy atom. The van der Waals surface area contributed by atoms with Crippen LogP contribution >= 0.6 is 11.3 Å². The highest BCUT2D eigenvalue weighted by molar-refractivity contribution is 7.09. The molecule has 0 spiro atoms. The molecule has 6 heteroatoms. The molecule has 98 valence electrons. The van der Waals surface area contributed by atoms with Crippen LogP contribution in [0, 0.1) is 17.3 Å². The average molecular weight is 268 g/mol. The normalized spacial score (nSPS) is 24.6. The fraction of sp³-hybridized carbons (Fsp3) is 0.583. The minimum absolute atomic E-state index is 0.109. The minimum atomic E-state index is -0.888. The molecule has 0 aromatic carbocycles. The molecule has 0 radical (unpaired) electrons. The lowest BCUT2D eigenvalue weighted by atomic mass is 10.1. The molecule has 1 aromatic rings. The van der Waals surface area contributed by atoms with Gasteiger partial charge in [0.1, 0.15) is 5.01 Å². The molecule has 0 aliphatic heterocycles. The number of carboxylic acid groups (broad SMARTS) is 1. The Hall–Kier alpha value is -1.43. The predicted octanol–water partition coefficient (Wildman–Crippen LogP) is 1.46. The SMILES string of the molecule is CN(Cc1nccs1)C(=O)[C@@H]1[C@H](C(=O)O)C1(C)C. The van der Waals surface area contributed by atoms with E-state index in [9.17, 15) is 9.59 Å². The van der Waals surface area contributed by atoms with Crippen LogP contribution in [-0.2, 0) is 16.1 Å². The lowest BCUT2D eigenvalue weighted by Gasteiger charge is -2.16. The fourth-order valence-corrected chi connectivity index (χ4v) is 3.08. The summed E-state index contributed by atoms with van der Waals surface area (Å²) in [5, 5.41) is 11.8. The van der Waals surface area contributed by atoms with E-state index in [4.69, 9.17) is 5.11 Å². The van der Waals surface area contributed by atoms with E-state index in [1.54, 1.807) is 18.1 Å². The van der Waals surface area contributed by atoms with Gasteiger partial charge >= 0.3 is 5.97 Å². The Labute approximate surface area is 109 Å². The van der Waals surface area contributed by atoms with Gasteiger partial charge in [-0.25, -0.2) is 4.98 Å². The van der Waals surface area contributed by atoms with Crippen LogP contribution in [0.15, 0.2) is 11.6 Å². The highest BCUT2D eigenvalue weighted by atomic mass is 32.1. The van der Waals surface area contributed by atoms with Gasteiger partial charge in [-0.3, -0.25) is 9.59 Å². The van der Waals surface area contributed by atoms with Gasteiger partial charge in [0, 0.05) is 18.6 Å². The highest BCUT2D eigenvalue weighted by Crippen LogP contribution is 2.58. The number of aromatic nitrogens is 1. The molecule has 1 fully saturated rings. The van der Waals surface area contributed by atoms with Gasteiger partial charge in [-0.15, -0.1) is 11.3 Å². The van der Waals surface area contributed by atoms with Gasteiger partial charge in [0.05, 0.1) is 18.4 Å². The van der Waals surface area contributed by atoms with Gasteiger partial charge in [0.15, 0.2) is 0 Å². The third-order valence-corrected chi connectivity index (χ3v) is 4.36. The molecule has 18 heavy (non-hydrogen) atoms. The number of hydrogen-bond acceptors (Lipinski definition) is 4. The van der Waals surface area contributed by atoms with Gasteiger partial charge in [-0.2, -0.15) is 0 Å². The third-order valence-electron chi connectivity index (χ3n) is 3.59. The first-order valence-corrected chi connectivity index (χ1v) is 6.60. The maximum atomic E-state index is 12.2. The van der Waals surface area contributed by atoms with E-state index in [0.29, 0.717) is 6.54 Å². The van der Waals surface area contributed by atoms with Crippen molar-refractivity contribution in [3.63, 3.8) is 0 Å². The second-order valence-corrected chi connectivity index (χ2v) is 6.21. The van der Waals surface area contributed by atoms with Crippen molar-refractivity contribution in [1.29, 1.82) is 0 Å². The Morgan fingerprint density at radius 3 is 2.61 bits per heavy atom. The molecule has 0 saturated heterocycles. The predicted molar refractivity (Wildman–Crippen MR) is 67.0 cm³/mol. The lowest BCUT2D eigenvalue weighted by Crippen LogP contribution is -2.29. The summed E-state index contributed by atoms with van der Waals surface area (Å²) in [5.74, 6) is -1.98. The molecule has 1 heterocycles. The molecule has 1 amide bonds. The zero-order chi connectivity index (χ0) is 13.5. The number of rotatable bonds is 4. The lowest BCUT2D eigenvalue weighted by molar-refractivity contribution is -0.141. The van der Waals surface area contributed by atoms with Crippen molar-refractivity contribution < 1.29 is 14.7 Å². The molecule has 1 aliphatic carbocycles. The van der Waals surface area contributed by atoms with E-state index in [-0.39, 0.29) is 5.91 Å². The summed E-state index contributed by atoms with van der Waals surface area (Å²) in [5.41, 5.74) is -0.444. The van der Waals surface area contributed by atoms with Crippen LogP contribution in [0.5, 0.6) is 0 Å². The highest BCUT2D eigenvalue weighted by Gasteiger charge is 2.66. The number of nitrogens with zero attached hydrogens (tertiary/aromatic N) is 2. The quantitative estimate of drug-likeness (QED) is 0.897. The second-order valence-electron chi connectivity index (χ2n) is 5.24. The molecular weight excluding hydrogens is 252 g/mol. The minimum Gasteiger partial charge on any atom is -0.481 e. The molecule has 0 unspecified atom stereocenters. The van der Waals surface area contributed by atoms with Crippen LogP contribution in [0.2, 0.25) is 0 Å². The molecular formula is C12H16N2O3S. The summed E-state index contributed by atoms with van der Waals surface area (Å²) in [6, 6.07) is 0. The zero-order valence-electron chi connectivity index (χ0n) is 10.6. The number of hydrogen-bond donors (Lipinski definition) is 1. The molecule has 1 N–H and O–H groups in total. The van der Waals surface area contributed by atoms with E-state index in [2.05, 4.69) is 4.98 Å². The average Bonchev–Trinajstić information content (AvgIpc) is 2.63. The van der Waals surface area contributed by atoms with Gasteiger partial charge in [-0.05, 0) is 5.41 Å². The first kappa shape index (κ1) is 13.0. The number of thiazole rings is 1. The van der Waals surface area contributed by atoms with Crippen LogP contribution in [0.1, 0.15) is 18.9 Å². The molecule has 0 bridgehead atoms. The fourth-order valence-electron chi connectivity index (χ4n) is 2.41. The number of amides is 1. The number of carboxylic acids is 1. The third kappa shape index (κ3) is 2.12. The molecule has 5 nitrogen and oxygen atoms in total. The van der Waals surface area contributed by atoms with Crippen LogP contribution in [-0.4, -0.2) is 33.9 Å². The van der Waals surface area contributed by atoms with Crippen molar-refractivity contribution in [2.24, 2.45) is 17.3 Å². The molecule has 1 aromatic heterocycles. The van der Waals surface area contributed by atoms with Crippen LogP contribution in [0.25, 0.3) is 0 Å². The second kappa shape index (κ2) is 4.35. The van der Waals surface area contributed by atoms with Gasteiger partial charge in [-0.1, -0.05) is 13.8 Å². The first-order chi connectivity index (χ1) is 8.35. The molecule has 2 rings (SSSR count). The van der Waals surface area contributed by atoms with Gasteiger partial charge in [0.25, 0.3) is 0 Å². The Kier molecular flexibility index (Phi) is 3.14. The van der Waals surface area contributed by atoms with Crippen molar-refractivity contribution in [2.45, 2.75) is 20.4 Å². The van der Waals surface area contributed by atoms with E-state index >= 15 is 0 Å². The molecule has 2 atom stereocenters.